The molecular weight excluding hydrogens is 354 g/mol. The average Bonchev–Trinajstić information content (AvgIpc) is 3.17. The van der Waals surface area contributed by atoms with Crippen LogP contribution in [0.2, 0.25) is 0 Å². The van der Waals surface area contributed by atoms with E-state index in [-0.39, 0.29) is 12.2 Å². The molecule has 2 aliphatic rings. The highest BCUT2D eigenvalue weighted by Gasteiger charge is 2.32. The topological polar surface area (TPSA) is 80.2 Å². The number of hydrogen-bond donors (Lipinski definition) is 1. The number of morpholine rings is 1. The molecule has 0 spiro atoms. The van der Waals surface area contributed by atoms with Crippen LogP contribution in [0.4, 0.5) is 0 Å². The number of sulfone groups is 1. The van der Waals surface area contributed by atoms with Crippen LogP contribution in [0.25, 0.3) is 0 Å². The number of benzene rings is 1. The highest BCUT2D eigenvalue weighted by atomic mass is 32.2. The monoisotopic (exact) mass is 381 g/mol. The second-order valence-corrected chi connectivity index (χ2v) is 8.74. The molecule has 26 heavy (non-hydrogen) atoms. The van der Waals surface area contributed by atoms with Gasteiger partial charge in [0.25, 0.3) is 0 Å². The van der Waals surface area contributed by atoms with E-state index >= 15 is 0 Å². The molecule has 1 N–H and O–H groups in total. The number of nitrogens with zero attached hydrogens (tertiary/aromatic N) is 2. The minimum Gasteiger partial charge on any atom is -0.375 e. The maximum Gasteiger partial charge on any atom is 0.194 e. The van der Waals surface area contributed by atoms with Crippen LogP contribution in [-0.4, -0.2) is 71.1 Å². The van der Waals surface area contributed by atoms with Crippen molar-refractivity contribution in [1.29, 1.82) is 0 Å². The first kappa shape index (κ1) is 19.1. The number of guanidine groups is 1. The molecule has 1 aromatic carbocycles. The van der Waals surface area contributed by atoms with Gasteiger partial charge in [-0.25, -0.2) is 8.42 Å². The fourth-order valence-electron chi connectivity index (χ4n) is 3.36. The van der Waals surface area contributed by atoms with Crippen LogP contribution < -0.4 is 5.32 Å². The molecule has 2 fully saturated rings. The van der Waals surface area contributed by atoms with Gasteiger partial charge in [-0.2, -0.15) is 0 Å². The predicted octanol–water partition coefficient (Wildman–Crippen LogP) is 1.05. The molecule has 2 aliphatic heterocycles. The van der Waals surface area contributed by atoms with Gasteiger partial charge in [-0.15, -0.1) is 0 Å². The summed E-state index contributed by atoms with van der Waals surface area (Å²) in [6, 6.07) is 6.92. The summed E-state index contributed by atoms with van der Waals surface area (Å²) < 4.78 is 34.7. The molecule has 0 aromatic heterocycles. The van der Waals surface area contributed by atoms with Crippen LogP contribution in [0.1, 0.15) is 18.4 Å². The van der Waals surface area contributed by atoms with E-state index < -0.39 is 9.84 Å². The number of aliphatic imine (C=N–C) groups is 1. The van der Waals surface area contributed by atoms with Gasteiger partial charge in [-0.1, -0.05) is 12.1 Å². The molecule has 8 heteroatoms. The Morgan fingerprint density at radius 2 is 1.96 bits per heavy atom. The lowest BCUT2D eigenvalue weighted by Gasteiger charge is -2.37. The van der Waals surface area contributed by atoms with E-state index in [2.05, 4.69) is 15.2 Å². The molecule has 0 aliphatic carbocycles. The Balaban J connectivity index is 1.57. The maximum absolute atomic E-state index is 11.5. The molecule has 3 rings (SSSR count). The Labute approximate surface area is 155 Å². The molecule has 0 radical (unpaired) electrons. The molecule has 1 aromatic rings. The molecule has 2 unspecified atom stereocenters. The summed E-state index contributed by atoms with van der Waals surface area (Å²) in [5.41, 5.74) is 1.00. The van der Waals surface area contributed by atoms with Crippen LogP contribution in [0, 0.1) is 0 Å². The lowest BCUT2D eigenvalue weighted by Crippen LogP contribution is -2.53. The Morgan fingerprint density at radius 1 is 1.23 bits per heavy atom. The van der Waals surface area contributed by atoms with Crippen molar-refractivity contribution in [2.75, 3.05) is 39.6 Å². The van der Waals surface area contributed by atoms with Crippen molar-refractivity contribution in [3.8, 4) is 0 Å². The van der Waals surface area contributed by atoms with Crippen LogP contribution in [-0.2, 0) is 25.9 Å². The second kappa shape index (κ2) is 8.37. The maximum atomic E-state index is 11.5. The number of nitrogens with one attached hydrogen (secondary N) is 1. The summed E-state index contributed by atoms with van der Waals surface area (Å²) in [4.78, 5) is 6.91. The summed E-state index contributed by atoms with van der Waals surface area (Å²) in [6.07, 6.45) is 3.63. The van der Waals surface area contributed by atoms with Crippen LogP contribution in [0.5, 0.6) is 0 Å². The molecule has 2 saturated heterocycles. The molecule has 0 saturated carbocycles. The summed E-state index contributed by atoms with van der Waals surface area (Å²) in [5.74, 6) is 0.823. The highest BCUT2D eigenvalue weighted by molar-refractivity contribution is 7.90. The van der Waals surface area contributed by atoms with Gasteiger partial charge in [0.1, 0.15) is 6.10 Å². The van der Waals surface area contributed by atoms with Crippen molar-refractivity contribution in [2.45, 2.75) is 36.5 Å². The van der Waals surface area contributed by atoms with Gasteiger partial charge in [-0.05, 0) is 30.5 Å². The van der Waals surface area contributed by atoms with Crippen molar-refractivity contribution in [1.82, 2.24) is 10.2 Å². The van der Waals surface area contributed by atoms with Gasteiger partial charge in [0, 0.05) is 39.5 Å². The minimum atomic E-state index is -3.17. The first-order valence-corrected chi connectivity index (χ1v) is 10.8. The van der Waals surface area contributed by atoms with E-state index in [0.717, 1.165) is 44.1 Å². The average molecular weight is 381 g/mol. The number of rotatable bonds is 4. The Bertz CT molecular complexity index is 727. The van der Waals surface area contributed by atoms with Gasteiger partial charge in [0.05, 0.1) is 17.6 Å². The largest absolute Gasteiger partial charge is 0.375 e. The highest BCUT2D eigenvalue weighted by Crippen LogP contribution is 2.21. The smallest absolute Gasteiger partial charge is 0.194 e. The number of ether oxygens (including phenoxy) is 2. The molecular formula is C18H27N3O4S. The van der Waals surface area contributed by atoms with E-state index in [1.165, 1.54) is 6.26 Å². The lowest BCUT2D eigenvalue weighted by atomic mass is 10.1. The second-order valence-electron chi connectivity index (χ2n) is 6.72. The predicted molar refractivity (Wildman–Crippen MR) is 100 cm³/mol. The van der Waals surface area contributed by atoms with Gasteiger partial charge in [0.2, 0.25) is 0 Å². The zero-order chi connectivity index (χ0) is 18.6. The Hall–Kier alpha value is -1.64. The number of hydrogen-bond acceptors (Lipinski definition) is 5. The van der Waals surface area contributed by atoms with Crippen molar-refractivity contribution in [3.63, 3.8) is 0 Å². The summed E-state index contributed by atoms with van der Waals surface area (Å²) in [7, 11) is -1.40. The third-order valence-electron chi connectivity index (χ3n) is 4.79. The molecule has 0 amide bonds. The first-order valence-electron chi connectivity index (χ1n) is 8.95. The Kier molecular flexibility index (Phi) is 6.16. The fourth-order valence-corrected chi connectivity index (χ4v) is 3.99. The van der Waals surface area contributed by atoms with E-state index in [1.54, 1.807) is 19.2 Å². The van der Waals surface area contributed by atoms with E-state index in [4.69, 9.17) is 9.47 Å². The molecule has 7 nitrogen and oxygen atoms in total. The minimum absolute atomic E-state index is 0.0823. The van der Waals surface area contributed by atoms with Gasteiger partial charge in [-0.3, -0.25) is 4.99 Å². The molecule has 2 heterocycles. The fraction of sp³-hybridized carbons (Fsp3) is 0.611. The zero-order valence-corrected chi connectivity index (χ0v) is 16.2. The van der Waals surface area contributed by atoms with Crippen molar-refractivity contribution >= 4 is 15.8 Å². The summed E-state index contributed by atoms with van der Waals surface area (Å²) in [5, 5.41) is 3.35. The van der Waals surface area contributed by atoms with E-state index in [9.17, 15) is 8.42 Å². The van der Waals surface area contributed by atoms with Crippen LogP contribution in [0.3, 0.4) is 0 Å². The van der Waals surface area contributed by atoms with Crippen LogP contribution in [0.15, 0.2) is 34.2 Å². The third kappa shape index (κ3) is 4.75. The normalized spacial score (nSPS) is 24.7. The van der Waals surface area contributed by atoms with Crippen molar-refractivity contribution < 1.29 is 17.9 Å². The van der Waals surface area contributed by atoms with Crippen LogP contribution >= 0.6 is 0 Å². The van der Waals surface area contributed by atoms with Gasteiger partial charge < -0.3 is 19.7 Å². The van der Waals surface area contributed by atoms with Crippen molar-refractivity contribution in [3.05, 3.63) is 29.8 Å². The van der Waals surface area contributed by atoms with Gasteiger partial charge >= 0.3 is 0 Å². The van der Waals surface area contributed by atoms with Crippen molar-refractivity contribution in [2.24, 2.45) is 4.99 Å². The molecule has 144 valence electrons. The molecule has 0 bridgehead atoms. The third-order valence-corrected chi connectivity index (χ3v) is 5.91. The quantitative estimate of drug-likeness (QED) is 0.620. The van der Waals surface area contributed by atoms with E-state index in [1.807, 2.05) is 12.1 Å². The first-order chi connectivity index (χ1) is 12.5. The summed E-state index contributed by atoms with van der Waals surface area (Å²) >= 11 is 0. The van der Waals surface area contributed by atoms with E-state index in [0.29, 0.717) is 18.0 Å². The summed E-state index contributed by atoms with van der Waals surface area (Å²) in [6.45, 7) is 3.61. The van der Waals surface area contributed by atoms with Gasteiger partial charge in [0.15, 0.2) is 15.8 Å². The SMILES string of the molecule is CN=C(NCc1ccc(S(C)(=O)=O)cc1)N1CCOC(C2CCCO2)C1. The standard InChI is InChI=1S/C18H27N3O4S/c1-19-18(20-12-14-5-7-15(8-6-14)26(2,22)23)21-9-11-25-17(13-21)16-4-3-10-24-16/h5-8,16-17H,3-4,9-13H2,1-2H3,(H,19,20). The Morgan fingerprint density at radius 3 is 2.58 bits per heavy atom. The zero-order valence-electron chi connectivity index (χ0n) is 15.3. The lowest BCUT2D eigenvalue weighted by molar-refractivity contribution is -0.0817. The molecule has 2 atom stereocenters.